The minimum atomic E-state index is -0.117. The Balaban J connectivity index is 1.93. The van der Waals surface area contributed by atoms with E-state index in [9.17, 15) is 9.90 Å². The summed E-state index contributed by atoms with van der Waals surface area (Å²) in [6, 6.07) is 10.9. The van der Waals surface area contributed by atoms with Crippen LogP contribution in [0.1, 0.15) is 22.8 Å². The molecule has 0 radical (unpaired) electrons. The Morgan fingerprint density at radius 2 is 2.09 bits per heavy atom. The number of rotatable bonds is 1. The van der Waals surface area contributed by atoms with E-state index in [1.807, 2.05) is 31.2 Å². The zero-order valence-corrected chi connectivity index (χ0v) is 12.9. The maximum atomic E-state index is 13.1. The SMILES string of the molecule is COc1cc2c(cc1O)N=C(C)[C@@H]1Cc3ccccc3N1C2=O. The monoisotopic (exact) mass is 308 g/mol. The number of aliphatic imine (C=N–C) groups is 1. The van der Waals surface area contributed by atoms with Crippen LogP contribution in [0.3, 0.4) is 0 Å². The van der Waals surface area contributed by atoms with Crippen molar-refractivity contribution in [2.45, 2.75) is 19.4 Å². The molecule has 0 saturated carbocycles. The minimum absolute atomic E-state index is 0.0157. The number of anilines is 1. The van der Waals surface area contributed by atoms with Crippen LogP contribution < -0.4 is 9.64 Å². The van der Waals surface area contributed by atoms with E-state index in [-0.39, 0.29) is 23.4 Å². The van der Waals surface area contributed by atoms with Crippen LogP contribution in [0, 0.1) is 0 Å². The summed E-state index contributed by atoms with van der Waals surface area (Å²) >= 11 is 0. The molecule has 2 heterocycles. The molecule has 0 spiro atoms. The Morgan fingerprint density at radius 1 is 1.30 bits per heavy atom. The fourth-order valence-corrected chi connectivity index (χ4v) is 3.35. The first-order valence-electron chi connectivity index (χ1n) is 7.48. The lowest BCUT2D eigenvalue weighted by Gasteiger charge is -2.23. The van der Waals surface area contributed by atoms with Gasteiger partial charge in [-0.15, -0.1) is 0 Å². The van der Waals surface area contributed by atoms with Gasteiger partial charge in [0.2, 0.25) is 0 Å². The van der Waals surface area contributed by atoms with Gasteiger partial charge in [0, 0.05) is 23.9 Å². The van der Waals surface area contributed by atoms with Crippen LogP contribution in [-0.4, -0.2) is 29.9 Å². The van der Waals surface area contributed by atoms with Crippen LogP contribution in [-0.2, 0) is 6.42 Å². The van der Waals surface area contributed by atoms with Gasteiger partial charge in [0.05, 0.1) is 24.4 Å². The molecule has 0 bridgehead atoms. The molecule has 2 aromatic carbocycles. The number of phenols is 1. The highest BCUT2D eigenvalue weighted by atomic mass is 16.5. The third-order valence-corrected chi connectivity index (χ3v) is 4.50. The molecule has 5 nitrogen and oxygen atoms in total. The Labute approximate surface area is 133 Å². The highest BCUT2D eigenvalue weighted by Crippen LogP contribution is 2.41. The van der Waals surface area contributed by atoms with Crippen LogP contribution in [0.4, 0.5) is 11.4 Å². The first-order chi connectivity index (χ1) is 11.1. The minimum Gasteiger partial charge on any atom is -0.504 e. The van der Waals surface area contributed by atoms with E-state index in [4.69, 9.17) is 4.74 Å². The molecule has 0 aromatic heterocycles. The van der Waals surface area contributed by atoms with Gasteiger partial charge in [0.1, 0.15) is 0 Å². The average Bonchev–Trinajstić information content (AvgIpc) is 2.90. The third kappa shape index (κ3) is 1.93. The van der Waals surface area contributed by atoms with Gasteiger partial charge in [0.25, 0.3) is 5.91 Å². The van der Waals surface area contributed by atoms with Crippen molar-refractivity contribution in [3.05, 3.63) is 47.5 Å². The number of methoxy groups -OCH3 is 1. The van der Waals surface area contributed by atoms with Gasteiger partial charge in [-0.25, -0.2) is 0 Å². The summed E-state index contributed by atoms with van der Waals surface area (Å²) < 4.78 is 5.14. The second-order valence-electron chi connectivity index (χ2n) is 5.82. The highest BCUT2D eigenvalue weighted by Gasteiger charge is 2.38. The number of amides is 1. The molecule has 4 rings (SSSR count). The summed E-state index contributed by atoms with van der Waals surface area (Å²) in [6.45, 7) is 1.92. The molecule has 1 N–H and O–H groups in total. The molecule has 2 aromatic rings. The Hall–Kier alpha value is -2.82. The van der Waals surface area contributed by atoms with Crippen molar-refractivity contribution < 1.29 is 14.6 Å². The van der Waals surface area contributed by atoms with E-state index in [0.717, 1.165) is 23.4 Å². The summed E-state index contributed by atoms with van der Waals surface area (Å²) in [5.74, 6) is 0.141. The van der Waals surface area contributed by atoms with Crippen molar-refractivity contribution in [3.63, 3.8) is 0 Å². The van der Waals surface area contributed by atoms with E-state index >= 15 is 0 Å². The van der Waals surface area contributed by atoms with E-state index in [1.165, 1.54) is 13.2 Å². The first-order valence-corrected chi connectivity index (χ1v) is 7.48. The largest absolute Gasteiger partial charge is 0.504 e. The van der Waals surface area contributed by atoms with E-state index in [1.54, 1.807) is 11.0 Å². The van der Waals surface area contributed by atoms with Crippen LogP contribution in [0.2, 0.25) is 0 Å². The van der Waals surface area contributed by atoms with Crippen molar-refractivity contribution in [2.75, 3.05) is 12.0 Å². The molecular weight excluding hydrogens is 292 g/mol. The molecule has 5 heteroatoms. The Morgan fingerprint density at radius 3 is 2.87 bits per heavy atom. The second-order valence-corrected chi connectivity index (χ2v) is 5.82. The van der Waals surface area contributed by atoms with E-state index in [2.05, 4.69) is 4.99 Å². The molecule has 1 amide bonds. The lowest BCUT2D eigenvalue weighted by Crippen LogP contribution is -2.40. The van der Waals surface area contributed by atoms with E-state index < -0.39 is 0 Å². The molecule has 0 saturated heterocycles. The predicted molar refractivity (Wildman–Crippen MR) is 88.2 cm³/mol. The molecule has 116 valence electrons. The fourth-order valence-electron chi connectivity index (χ4n) is 3.35. The van der Waals surface area contributed by atoms with Gasteiger partial charge < -0.3 is 9.84 Å². The summed E-state index contributed by atoms with van der Waals surface area (Å²) in [4.78, 5) is 19.5. The number of aromatic hydroxyl groups is 1. The molecule has 1 atom stereocenters. The number of para-hydroxylation sites is 1. The Kier molecular flexibility index (Phi) is 2.91. The quantitative estimate of drug-likeness (QED) is 0.880. The lowest BCUT2D eigenvalue weighted by atomic mass is 10.1. The van der Waals surface area contributed by atoms with Gasteiger partial charge in [-0.2, -0.15) is 0 Å². The fraction of sp³-hybridized carbons (Fsp3) is 0.222. The number of ether oxygens (including phenoxy) is 1. The van der Waals surface area contributed by atoms with Crippen LogP contribution in [0.15, 0.2) is 41.4 Å². The zero-order valence-electron chi connectivity index (χ0n) is 12.9. The highest BCUT2D eigenvalue weighted by molar-refractivity contribution is 6.17. The number of fused-ring (bicyclic) bond motifs is 4. The molecular formula is C18H16N2O3. The Bertz CT molecular complexity index is 857. The predicted octanol–water partition coefficient (Wildman–Crippen LogP) is 3.08. The second kappa shape index (κ2) is 4.84. The maximum absolute atomic E-state index is 13.1. The lowest BCUT2D eigenvalue weighted by molar-refractivity contribution is 0.0986. The number of hydrogen-bond donors (Lipinski definition) is 1. The number of carbonyl (C=O) groups is 1. The number of nitrogens with zero attached hydrogens (tertiary/aromatic N) is 2. The molecule has 2 aliphatic heterocycles. The molecule has 0 unspecified atom stereocenters. The van der Waals surface area contributed by atoms with Crippen molar-refractivity contribution in [1.29, 1.82) is 0 Å². The summed E-state index contributed by atoms with van der Waals surface area (Å²) in [5, 5.41) is 9.97. The topological polar surface area (TPSA) is 62.1 Å². The summed E-state index contributed by atoms with van der Waals surface area (Å²) in [6.07, 6.45) is 0.758. The normalized spacial score (nSPS) is 18.7. The number of benzene rings is 2. The van der Waals surface area contributed by atoms with E-state index in [0.29, 0.717) is 11.3 Å². The summed E-state index contributed by atoms with van der Waals surface area (Å²) in [5.41, 5.74) is 3.86. The maximum Gasteiger partial charge on any atom is 0.261 e. The molecule has 2 aliphatic rings. The molecule has 0 fully saturated rings. The van der Waals surface area contributed by atoms with Gasteiger partial charge in [-0.3, -0.25) is 14.7 Å². The van der Waals surface area contributed by atoms with Gasteiger partial charge in [0.15, 0.2) is 11.5 Å². The van der Waals surface area contributed by atoms with Crippen molar-refractivity contribution >= 4 is 23.0 Å². The van der Waals surface area contributed by atoms with Crippen LogP contribution >= 0.6 is 0 Å². The number of hydrogen-bond acceptors (Lipinski definition) is 4. The van der Waals surface area contributed by atoms with Crippen LogP contribution in [0.5, 0.6) is 11.5 Å². The van der Waals surface area contributed by atoms with Gasteiger partial charge in [-0.05, 0) is 24.6 Å². The third-order valence-electron chi connectivity index (χ3n) is 4.50. The number of carbonyl (C=O) groups excluding carboxylic acids is 1. The average molecular weight is 308 g/mol. The van der Waals surface area contributed by atoms with Crippen molar-refractivity contribution in [3.8, 4) is 11.5 Å². The first kappa shape index (κ1) is 13.8. The molecule has 23 heavy (non-hydrogen) atoms. The molecule has 0 aliphatic carbocycles. The van der Waals surface area contributed by atoms with Crippen molar-refractivity contribution in [2.24, 2.45) is 4.99 Å². The van der Waals surface area contributed by atoms with Gasteiger partial charge in [-0.1, -0.05) is 18.2 Å². The number of phenolic OH excluding ortho intramolecular Hbond substituents is 1. The smallest absolute Gasteiger partial charge is 0.261 e. The van der Waals surface area contributed by atoms with Gasteiger partial charge >= 0.3 is 0 Å². The van der Waals surface area contributed by atoms with Crippen molar-refractivity contribution in [1.82, 2.24) is 0 Å². The van der Waals surface area contributed by atoms with Crippen LogP contribution in [0.25, 0.3) is 0 Å². The zero-order chi connectivity index (χ0) is 16.1. The summed E-state index contributed by atoms with van der Waals surface area (Å²) in [7, 11) is 1.46. The standard InChI is InChI=1S/C18H16N2O3/c1-10-15-7-11-5-3-4-6-14(11)20(15)18(22)12-8-17(23-2)16(21)9-13(12)19-10/h3-6,8-9,15,21H,7H2,1-2H3/t15-/m0/s1.